The average molecular weight is 443 g/mol. The topological polar surface area (TPSA) is 76.6 Å². The van der Waals surface area contributed by atoms with Crippen LogP contribution in [0.1, 0.15) is 10.5 Å². The zero-order valence-electron chi connectivity index (χ0n) is 16.8. The molecule has 1 aliphatic heterocycles. The number of anilines is 3. The fourth-order valence-electron chi connectivity index (χ4n) is 3.33. The van der Waals surface area contributed by atoms with E-state index in [0.717, 1.165) is 24.5 Å². The first kappa shape index (κ1) is 21.0. The van der Waals surface area contributed by atoms with Crippen LogP contribution >= 0.6 is 11.6 Å². The molecule has 1 aromatic heterocycles. The van der Waals surface area contributed by atoms with Gasteiger partial charge in [-0.2, -0.15) is 0 Å². The van der Waals surface area contributed by atoms with Crippen LogP contribution in [0.25, 0.3) is 11.3 Å². The smallest absolute Gasteiger partial charge is 0.360 e. The predicted molar refractivity (Wildman–Crippen MR) is 117 cm³/mol. The highest BCUT2D eigenvalue weighted by atomic mass is 35.5. The number of carbonyl (C=O) groups excluding carboxylic acids is 1. The third-order valence-corrected chi connectivity index (χ3v) is 5.23. The molecule has 0 spiro atoms. The van der Waals surface area contributed by atoms with Crippen molar-refractivity contribution in [2.24, 2.45) is 0 Å². The molecule has 1 aliphatic rings. The Morgan fingerprint density at radius 1 is 1.16 bits per heavy atom. The van der Waals surface area contributed by atoms with Gasteiger partial charge in [0.15, 0.2) is 5.69 Å². The fourth-order valence-corrected chi connectivity index (χ4v) is 3.59. The Morgan fingerprint density at radius 3 is 2.58 bits per heavy atom. The number of halogens is 2. The van der Waals surface area contributed by atoms with Gasteiger partial charge in [-0.25, -0.2) is 9.18 Å². The Kier molecular flexibility index (Phi) is 6.29. The van der Waals surface area contributed by atoms with Gasteiger partial charge in [0.1, 0.15) is 5.82 Å². The van der Waals surface area contributed by atoms with Gasteiger partial charge in [0.05, 0.1) is 42.3 Å². The lowest BCUT2D eigenvalue weighted by atomic mass is 10.1. The monoisotopic (exact) mass is 442 g/mol. The van der Waals surface area contributed by atoms with Crippen molar-refractivity contribution in [3.8, 4) is 11.3 Å². The SMILES string of the molecule is COC(=O)c1nnc(-c2c(F)cccc2Cl)cc1Nc1ccc(N2CCOCC2)cc1. The van der Waals surface area contributed by atoms with Crippen molar-refractivity contribution >= 4 is 34.6 Å². The molecule has 9 heteroatoms. The number of nitrogens with one attached hydrogen (secondary N) is 1. The van der Waals surface area contributed by atoms with E-state index in [2.05, 4.69) is 20.4 Å². The molecule has 3 aromatic rings. The molecule has 0 radical (unpaired) electrons. The molecule has 0 unspecified atom stereocenters. The Bertz CT molecular complexity index is 1070. The van der Waals surface area contributed by atoms with E-state index in [1.54, 1.807) is 6.07 Å². The summed E-state index contributed by atoms with van der Waals surface area (Å²) in [5, 5.41) is 11.3. The third-order valence-electron chi connectivity index (χ3n) is 4.91. The molecule has 0 saturated carbocycles. The molecule has 0 atom stereocenters. The molecule has 160 valence electrons. The summed E-state index contributed by atoms with van der Waals surface area (Å²) in [6.45, 7) is 3.07. The maximum atomic E-state index is 14.4. The second-order valence-corrected chi connectivity index (χ2v) is 7.26. The van der Waals surface area contributed by atoms with Crippen molar-refractivity contribution in [3.63, 3.8) is 0 Å². The number of benzene rings is 2. The summed E-state index contributed by atoms with van der Waals surface area (Å²) in [5.74, 6) is -1.19. The minimum absolute atomic E-state index is 0.0176. The van der Waals surface area contributed by atoms with Gasteiger partial charge in [0.2, 0.25) is 0 Å². The summed E-state index contributed by atoms with van der Waals surface area (Å²) in [6.07, 6.45) is 0. The zero-order valence-corrected chi connectivity index (χ0v) is 17.5. The van der Waals surface area contributed by atoms with Gasteiger partial charge in [-0.05, 0) is 42.5 Å². The van der Waals surface area contributed by atoms with Crippen molar-refractivity contribution < 1.29 is 18.7 Å². The van der Waals surface area contributed by atoms with Crippen molar-refractivity contribution in [1.82, 2.24) is 10.2 Å². The molecule has 1 fully saturated rings. The lowest BCUT2D eigenvalue weighted by Crippen LogP contribution is -2.36. The maximum Gasteiger partial charge on any atom is 0.360 e. The van der Waals surface area contributed by atoms with Crippen LogP contribution in [0.2, 0.25) is 5.02 Å². The molecule has 2 aromatic carbocycles. The van der Waals surface area contributed by atoms with Gasteiger partial charge in [-0.1, -0.05) is 17.7 Å². The number of hydrogen-bond donors (Lipinski definition) is 1. The molecule has 1 N–H and O–H groups in total. The Balaban J connectivity index is 1.66. The zero-order chi connectivity index (χ0) is 21.8. The lowest BCUT2D eigenvalue weighted by molar-refractivity contribution is 0.0594. The van der Waals surface area contributed by atoms with Gasteiger partial charge >= 0.3 is 5.97 Å². The number of nitrogens with zero attached hydrogens (tertiary/aromatic N) is 3. The number of ether oxygens (including phenoxy) is 2. The van der Waals surface area contributed by atoms with E-state index in [-0.39, 0.29) is 22.0 Å². The van der Waals surface area contributed by atoms with Crippen LogP contribution in [-0.2, 0) is 9.47 Å². The molecule has 31 heavy (non-hydrogen) atoms. The van der Waals surface area contributed by atoms with Gasteiger partial charge < -0.3 is 19.7 Å². The van der Waals surface area contributed by atoms with E-state index in [4.69, 9.17) is 21.1 Å². The maximum absolute atomic E-state index is 14.4. The number of hydrogen-bond acceptors (Lipinski definition) is 7. The molecule has 0 amide bonds. The van der Waals surface area contributed by atoms with E-state index in [1.807, 2.05) is 24.3 Å². The van der Waals surface area contributed by atoms with Crippen LogP contribution in [0.5, 0.6) is 0 Å². The number of esters is 1. The van der Waals surface area contributed by atoms with Crippen LogP contribution in [-0.4, -0.2) is 49.6 Å². The largest absolute Gasteiger partial charge is 0.464 e. The van der Waals surface area contributed by atoms with Gasteiger partial charge in [0, 0.05) is 24.5 Å². The first-order valence-electron chi connectivity index (χ1n) is 9.67. The predicted octanol–water partition coefficient (Wildman–Crippen LogP) is 4.30. The van der Waals surface area contributed by atoms with Gasteiger partial charge in [-0.15, -0.1) is 10.2 Å². The highest BCUT2D eigenvalue weighted by Gasteiger charge is 2.20. The summed E-state index contributed by atoms with van der Waals surface area (Å²) in [7, 11) is 1.26. The first-order chi connectivity index (χ1) is 15.1. The standard InChI is InChI=1S/C22H20ClFN4O3/c1-30-22(29)21-19(13-18(26-27-21)20-16(23)3-2-4-17(20)24)25-14-5-7-15(8-6-14)28-9-11-31-12-10-28/h2-8,13H,9-12H2,1H3,(H,25,26). The van der Waals surface area contributed by atoms with Crippen molar-refractivity contribution in [2.75, 3.05) is 43.6 Å². The minimum atomic E-state index is -0.661. The molecule has 0 aliphatic carbocycles. The van der Waals surface area contributed by atoms with Gasteiger partial charge in [-0.3, -0.25) is 0 Å². The van der Waals surface area contributed by atoms with Crippen LogP contribution < -0.4 is 10.2 Å². The molecule has 2 heterocycles. The first-order valence-corrected chi connectivity index (χ1v) is 10.0. The normalized spacial score (nSPS) is 13.7. The Morgan fingerprint density at radius 2 is 1.90 bits per heavy atom. The fraction of sp³-hybridized carbons (Fsp3) is 0.227. The van der Waals surface area contributed by atoms with Crippen LogP contribution in [0.15, 0.2) is 48.5 Å². The molecule has 7 nitrogen and oxygen atoms in total. The van der Waals surface area contributed by atoms with Crippen molar-refractivity contribution in [1.29, 1.82) is 0 Å². The highest BCUT2D eigenvalue weighted by molar-refractivity contribution is 6.33. The molecular weight excluding hydrogens is 423 g/mol. The number of morpholine rings is 1. The van der Waals surface area contributed by atoms with Crippen LogP contribution in [0, 0.1) is 5.82 Å². The van der Waals surface area contributed by atoms with E-state index in [1.165, 1.54) is 25.3 Å². The van der Waals surface area contributed by atoms with Crippen LogP contribution in [0.3, 0.4) is 0 Å². The van der Waals surface area contributed by atoms with E-state index < -0.39 is 11.8 Å². The molecular formula is C22H20ClFN4O3. The van der Waals surface area contributed by atoms with E-state index in [0.29, 0.717) is 18.9 Å². The number of aromatic nitrogens is 2. The highest BCUT2D eigenvalue weighted by Crippen LogP contribution is 2.32. The Labute approximate surface area is 183 Å². The number of carbonyl (C=O) groups is 1. The summed E-state index contributed by atoms with van der Waals surface area (Å²) in [4.78, 5) is 14.4. The Hall–Kier alpha value is -3.23. The number of rotatable bonds is 5. The summed E-state index contributed by atoms with van der Waals surface area (Å²) < 4.78 is 24.6. The van der Waals surface area contributed by atoms with E-state index in [9.17, 15) is 9.18 Å². The molecule has 4 rings (SSSR count). The van der Waals surface area contributed by atoms with Crippen molar-refractivity contribution in [3.05, 3.63) is 65.1 Å². The van der Waals surface area contributed by atoms with E-state index >= 15 is 0 Å². The minimum Gasteiger partial charge on any atom is -0.464 e. The summed E-state index contributed by atoms with van der Waals surface area (Å²) >= 11 is 6.16. The summed E-state index contributed by atoms with van der Waals surface area (Å²) in [6, 6.07) is 13.6. The molecule has 1 saturated heterocycles. The second-order valence-electron chi connectivity index (χ2n) is 6.85. The summed E-state index contributed by atoms with van der Waals surface area (Å²) in [5.41, 5.74) is 2.42. The molecule has 0 bridgehead atoms. The van der Waals surface area contributed by atoms with Crippen molar-refractivity contribution in [2.45, 2.75) is 0 Å². The second kappa shape index (κ2) is 9.28. The third kappa shape index (κ3) is 4.60. The van der Waals surface area contributed by atoms with Gasteiger partial charge in [0.25, 0.3) is 0 Å². The lowest BCUT2D eigenvalue weighted by Gasteiger charge is -2.29. The number of methoxy groups -OCH3 is 1. The van der Waals surface area contributed by atoms with Crippen LogP contribution in [0.4, 0.5) is 21.5 Å². The quantitative estimate of drug-likeness (QED) is 0.590. The average Bonchev–Trinajstić information content (AvgIpc) is 2.80.